The highest BCUT2D eigenvalue weighted by Gasteiger charge is 2.21. The number of nitrogens with one attached hydrogen (secondary N) is 2. The van der Waals surface area contributed by atoms with E-state index < -0.39 is 16.0 Å². The van der Waals surface area contributed by atoms with Crippen molar-refractivity contribution in [2.75, 3.05) is 24.9 Å². The summed E-state index contributed by atoms with van der Waals surface area (Å²) in [5.41, 5.74) is 0.916. The minimum absolute atomic E-state index is 0.246. The van der Waals surface area contributed by atoms with Crippen LogP contribution in [0.2, 0.25) is 0 Å². The number of benzene rings is 1. The van der Waals surface area contributed by atoms with Crippen LogP contribution in [0, 0.1) is 12.7 Å². The highest BCUT2D eigenvalue weighted by Crippen LogP contribution is 2.18. The van der Waals surface area contributed by atoms with Gasteiger partial charge in [-0.1, -0.05) is 0 Å². The second-order valence-electron chi connectivity index (χ2n) is 5.53. The van der Waals surface area contributed by atoms with Gasteiger partial charge in [0.25, 0.3) is 0 Å². The van der Waals surface area contributed by atoms with Gasteiger partial charge >= 0.3 is 10.2 Å². The third-order valence-corrected chi connectivity index (χ3v) is 4.86. The van der Waals surface area contributed by atoms with E-state index in [4.69, 9.17) is 0 Å². The molecule has 1 aromatic carbocycles. The van der Waals surface area contributed by atoms with E-state index in [1.54, 1.807) is 13.0 Å². The molecule has 0 heterocycles. The van der Waals surface area contributed by atoms with Gasteiger partial charge in [0.15, 0.2) is 0 Å². The first-order valence-corrected chi connectivity index (χ1v) is 8.55. The molecule has 118 valence electrons. The fourth-order valence-corrected chi connectivity index (χ4v) is 2.98. The summed E-state index contributed by atoms with van der Waals surface area (Å²) in [6, 6.07) is 4.75. The first kappa shape index (κ1) is 16.2. The summed E-state index contributed by atoms with van der Waals surface area (Å²) in [5, 5.41) is 3.34. The SMILES string of the molecule is Cc1cc(F)cc(NS(=O)(=O)N(C)CCCNC2CC2)c1. The van der Waals surface area contributed by atoms with E-state index in [0.717, 1.165) is 13.0 Å². The molecule has 0 aliphatic heterocycles. The van der Waals surface area contributed by atoms with Gasteiger partial charge in [-0.25, -0.2) is 4.39 Å². The van der Waals surface area contributed by atoms with Gasteiger partial charge in [0.05, 0.1) is 5.69 Å². The molecule has 0 unspecified atom stereocenters. The smallest absolute Gasteiger partial charge is 0.301 e. The van der Waals surface area contributed by atoms with Crippen LogP contribution in [0.5, 0.6) is 0 Å². The Morgan fingerprint density at radius 1 is 1.33 bits per heavy atom. The van der Waals surface area contributed by atoms with Crippen molar-refractivity contribution in [1.29, 1.82) is 0 Å². The summed E-state index contributed by atoms with van der Waals surface area (Å²) in [7, 11) is -2.12. The first-order valence-electron chi connectivity index (χ1n) is 7.11. The molecule has 1 aliphatic carbocycles. The molecule has 0 bridgehead atoms. The molecule has 1 aromatic rings. The number of rotatable bonds is 8. The largest absolute Gasteiger partial charge is 0.314 e. The van der Waals surface area contributed by atoms with Gasteiger partial charge in [0.1, 0.15) is 5.82 Å². The van der Waals surface area contributed by atoms with E-state index in [2.05, 4.69) is 10.0 Å². The minimum Gasteiger partial charge on any atom is -0.314 e. The molecule has 1 aliphatic rings. The Kier molecular flexibility index (Phi) is 5.18. The maximum absolute atomic E-state index is 13.3. The Balaban J connectivity index is 1.86. The standard InChI is InChI=1S/C14H22FN3O2S/c1-11-8-12(15)10-14(9-11)17-21(19,20)18(2)7-3-6-16-13-4-5-13/h8-10,13,16-17H,3-7H2,1-2H3. The van der Waals surface area contributed by atoms with Gasteiger partial charge in [-0.2, -0.15) is 12.7 Å². The molecular formula is C14H22FN3O2S. The molecule has 0 saturated heterocycles. The lowest BCUT2D eigenvalue weighted by molar-refractivity contribution is 0.458. The molecule has 0 spiro atoms. The van der Waals surface area contributed by atoms with Crippen molar-refractivity contribution in [1.82, 2.24) is 9.62 Å². The fourth-order valence-electron chi connectivity index (χ4n) is 2.04. The van der Waals surface area contributed by atoms with Crippen LogP contribution in [0.15, 0.2) is 18.2 Å². The molecule has 21 heavy (non-hydrogen) atoms. The van der Waals surface area contributed by atoms with E-state index in [1.165, 1.54) is 36.3 Å². The van der Waals surface area contributed by atoms with Crippen molar-refractivity contribution in [3.63, 3.8) is 0 Å². The average molecular weight is 315 g/mol. The lowest BCUT2D eigenvalue weighted by Crippen LogP contribution is -2.34. The molecule has 0 aromatic heterocycles. The number of anilines is 1. The number of halogens is 1. The van der Waals surface area contributed by atoms with Crippen LogP contribution in [0.1, 0.15) is 24.8 Å². The van der Waals surface area contributed by atoms with E-state index in [1.807, 2.05) is 0 Å². The lowest BCUT2D eigenvalue weighted by atomic mass is 10.2. The van der Waals surface area contributed by atoms with Crippen molar-refractivity contribution in [2.24, 2.45) is 0 Å². The van der Waals surface area contributed by atoms with Crippen LogP contribution in [0.3, 0.4) is 0 Å². The molecule has 1 saturated carbocycles. The third-order valence-electron chi connectivity index (χ3n) is 3.36. The summed E-state index contributed by atoms with van der Waals surface area (Å²) in [6.45, 7) is 2.95. The quantitative estimate of drug-likeness (QED) is 0.720. The summed E-state index contributed by atoms with van der Waals surface area (Å²) >= 11 is 0. The average Bonchev–Trinajstić information content (AvgIpc) is 3.16. The van der Waals surface area contributed by atoms with Crippen LogP contribution >= 0.6 is 0 Å². The van der Waals surface area contributed by atoms with Crippen molar-refractivity contribution in [2.45, 2.75) is 32.2 Å². The number of aryl methyl sites for hydroxylation is 1. The fraction of sp³-hybridized carbons (Fsp3) is 0.571. The normalized spacial score (nSPS) is 15.4. The second kappa shape index (κ2) is 6.72. The Labute approximate surface area is 125 Å². The van der Waals surface area contributed by atoms with E-state index in [-0.39, 0.29) is 5.69 Å². The zero-order chi connectivity index (χ0) is 15.5. The second-order valence-corrected chi connectivity index (χ2v) is 7.31. The summed E-state index contributed by atoms with van der Waals surface area (Å²) in [4.78, 5) is 0. The van der Waals surface area contributed by atoms with Crippen molar-refractivity contribution >= 4 is 15.9 Å². The Bertz CT molecular complexity index is 568. The van der Waals surface area contributed by atoms with Gasteiger partial charge in [0, 0.05) is 19.6 Å². The van der Waals surface area contributed by atoms with Crippen LogP contribution in [0.25, 0.3) is 0 Å². The molecule has 2 rings (SSSR count). The summed E-state index contributed by atoms with van der Waals surface area (Å²) in [6.07, 6.45) is 3.18. The van der Waals surface area contributed by atoms with Crippen molar-refractivity contribution in [3.8, 4) is 0 Å². The highest BCUT2D eigenvalue weighted by molar-refractivity contribution is 7.90. The Morgan fingerprint density at radius 2 is 2.05 bits per heavy atom. The van der Waals surface area contributed by atoms with Gasteiger partial charge < -0.3 is 5.32 Å². The maximum Gasteiger partial charge on any atom is 0.301 e. The van der Waals surface area contributed by atoms with Gasteiger partial charge in [-0.3, -0.25) is 4.72 Å². The minimum atomic E-state index is -3.64. The predicted molar refractivity (Wildman–Crippen MR) is 82.0 cm³/mol. The predicted octanol–water partition coefficient (Wildman–Crippen LogP) is 1.86. The van der Waals surface area contributed by atoms with Gasteiger partial charge in [-0.05, 0) is 56.5 Å². The summed E-state index contributed by atoms with van der Waals surface area (Å²) in [5.74, 6) is -0.455. The lowest BCUT2D eigenvalue weighted by Gasteiger charge is -2.18. The third kappa shape index (κ3) is 5.26. The highest BCUT2D eigenvalue weighted by atomic mass is 32.2. The molecular weight excluding hydrogens is 293 g/mol. The Hall–Kier alpha value is -1.18. The maximum atomic E-state index is 13.3. The Morgan fingerprint density at radius 3 is 2.67 bits per heavy atom. The zero-order valence-electron chi connectivity index (χ0n) is 12.4. The molecule has 1 fully saturated rings. The molecule has 0 radical (unpaired) electrons. The van der Waals surface area contributed by atoms with E-state index >= 15 is 0 Å². The van der Waals surface area contributed by atoms with Crippen LogP contribution in [-0.2, 0) is 10.2 Å². The zero-order valence-corrected chi connectivity index (χ0v) is 13.2. The van der Waals surface area contributed by atoms with Gasteiger partial charge in [-0.15, -0.1) is 0 Å². The number of nitrogens with zero attached hydrogens (tertiary/aromatic N) is 1. The van der Waals surface area contributed by atoms with Crippen molar-refractivity contribution < 1.29 is 12.8 Å². The van der Waals surface area contributed by atoms with Crippen LogP contribution in [-0.4, -0.2) is 38.9 Å². The first-order chi connectivity index (χ1) is 9.87. The molecule has 5 nitrogen and oxygen atoms in total. The number of hydrogen-bond donors (Lipinski definition) is 2. The van der Waals surface area contributed by atoms with Crippen LogP contribution < -0.4 is 10.0 Å². The topological polar surface area (TPSA) is 61.4 Å². The molecule has 2 N–H and O–H groups in total. The molecule has 7 heteroatoms. The van der Waals surface area contributed by atoms with Crippen LogP contribution in [0.4, 0.5) is 10.1 Å². The van der Waals surface area contributed by atoms with Crippen molar-refractivity contribution in [3.05, 3.63) is 29.6 Å². The van der Waals surface area contributed by atoms with E-state index in [0.29, 0.717) is 18.2 Å². The molecule has 0 amide bonds. The summed E-state index contributed by atoms with van der Waals surface area (Å²) < 4.78 is 41.2. The van der Waals surface area contributed by atoms with Gasteiger partial charge in [0.2, 0.25) is 0 Å². The monoisotopic (exact) mass is 315 g/mol. The number of hydrogen-bond acceptors (Lipinski definition) is 3. The molecule has 0 atom stereocenters. The van der Waals surface area contributed by atoms with E-state index in [9.17, 15) is 12.8 Å².